The van der Waals surface area contributed by atoms with Crippen LogP contribution in [0.5, 0.6) is 11.5 Å². The van der Waals surface area contributed by atoms with Crippen LogP contribution in [0.3, 0.4) is 0 Å². The minimum absolute atomic E-state index is 0.000878. The summed E-state index contributed by atoms with van der Waals surface area (Å²) in [6.45, 7) is 8.56. The van der Waals surface area contributed by atoms with E-state index in [4.69, 9.17) is 66.8 Å². The van der Waals surface area contributed by atoms with E-state index in [1.807, 2.05) is 176 Å². The molecular formula is C132H122N10O2. The molecular weight excluding hydrogens is 1760 g/mol. The van der Waals surface area contributed by atoms with Crippen molar-refractivity contribution in [1.29, 1.82) is 0 Å². The molecule has 20 rings (SSSR count). The average molecular weight is 1880 g/mol. The number of nitrogen functional groups attached to an aromatic ring is 10. The topological polar surface area (TPSA) is 279 Å². The van der Waals surface area contributed by atoms with Gasteiger partial charge in [0, 0.05) is 103 Å². The molecule has 0 aliphatic carbocycles. The summed E-state index contributed by atoms with van der Waals surface area (Å²) in [5.74, 6) is 1.31. The van der Waals surface area contributed by atoms with Crippen molar-refractivity contribution >= 4 is 56.9 Å². The third-order valence-electron chi connectivity index (χ3n) is 27.3. The fourth-order valence-corrected chi connectivity index (χ4v) is 19.5. The van der Waals surface area contributed by atoms with E-state index in [0.29, 0.717) is 45.6 Å². The highest BCUT2D eigenvalue weighted by atomic mass is 16.5. The molecule has 20 N–H and O–H groups in total. The van der Waals surface area contributed by atoms with Gasteiger partial charge in [-0.3, -0.25) is 0 Å². The van der Waals surface area contributed by atoms with Crippen molar-refractivity contribution in [1.82, 2.24) is 0 Å². The number of benzene rings is 20. The summed E-state index contributed by atoms with van der Waals surface area (Å²) in [4.78, 5) is 0. The largest absolute Gasteiger partial charge is 0.495 e. The van der Waals surface area contributed by atoms with E-state index in [0.717, 1.165) is 125 Å². The third-order valence-corrected chi connectivity index (χ3v) is 27.3. The van der Waals surface area contributed by atoms with Crippen molar-refractivity contribution in [2.45, 2.75) is 64.2 Å². The second-order valence-corrected chi connectivity index (χ2v) is 36.5. The van der Waals surface area contributed by atoms with E-state index in [1.165, 1.54) is 89.0 Å². The molecule has 20 aromatic rings. The van der Waals surface area contributed by atoms with Crippen LogP contribution in [0.4, 0.5) is 56.9 Å². The van der Waals surface area contributed by atoms with Crippen LogP contribution in [-0.2, 0) is 12.8 Å². The monoisotopic (exact) mass is 1880 g/mol. The highest BCUT2D eigenvalue weighted by Gasteiger charge is 2.27. The number of nitrogens with two attached hydrogens (primary N) is 10. The first-order chi connectivity index (χ1) is 70.2. The zero-order valence-electron chi connectivity index (χ0n) is 82.2. The maximum absolute atomic E-state index is 6.50. The number of methoxy groups -OCH3 is 2. The van der Waals surface area contributed by atoms with Crippen molar-refractivity contribution in [2.24, 2.45) is 0 Å². The molecule has 0 radical (unpaired) electrons. The van der Waals surface area contributed by atoms with E-state index < -0.39 is 0 Å². The molecule has 12 nitrogen and oxygen atoms in total. The molecule has 0 saturated carbocycles. The van der Waals surface area contributed by atoms with E-state index in [9.17, 15) is 0 Å². The lowest BCUT2D eigenvalue weighted by molar-refractivity contribution is 0.415. The molecule has 144 heavy (non-hydrogen) atoms. The van der Waals surface area contributed by atoms with Crippen LogP contribution in [0.15, 0.2) is 461 Å². The Morgan fingerprint density at radius 2 is 0.375 bits per heavy atom. The predicted molar refractivity (Wildman–Crippen MR) is 610 cm³/mol. The zero-order chi connectivity index (χ0) is 100. The van der Waals surface area contributed by atoms with Gasteiger partial charge in [-0.25, -0.2) is 0 Å². The summed E-state index contributed by atoms with van der Waals surface area (Å²) in [5.41, 5.74) is 107. The molecule has 0 saturated heterocycles. The van der Waals surface area contributed by atoms with Gasteiger partial charge in [0.1, 0.15) is 11.5 Å². The smallest absolute Gasteiger partial charge is 0.142 e. The second kappa shape index (κ2) is 45.3. The first kappa shape index (κ1) is 97.6. The molecule has 0 fully saturated rings. The van der Waals surface area contributed by atoms with E-state index in [2.05, 4.69) is 313 Å². The van der Waals surface area contributed by atoms with Gasteiger partial charge in [-0.15, -0.1) is 0 Å². The molecule has 0 aliphatic rings. The van der Waals surface area contributed by atoms with Crippen molar-refractivity contribution in [2.75, 3.05) is 71.6 Å². The fraction of sp³-hybridized carbons (Fsp3) is 0.0909. The first-order valence-corrected chi connectivity index (χ1v) is 48.8. The number of anilines is 10. The molecule has 0 atom stereocenters. The van der Waals surface area contributed by atoms with Crippen molar-refractivity contribution in [3.8, 4) is 101 Å². The molecule has 0 amide bonds. The summed E-state index contributed by atoms with van der Waals surface area (Å²) in [6, 6.07) is 160. The number of aryl methyl sites for hydroxylation is 4. The molecule has 12 heteroatoms. The quantitative estimate of drug-likeness (QED) is 0.0200. The zero-order valence-corrected chi connectivity index (χ0v) is 82.2. The third kappa shape index (κ3) is 22.3. The molecule has 0 aromatic heterocycles. The molecule has 0 spiro atoms. The van der Waals surface area contributed by atoms with E-state index in [-0.39, 0.29) is 23.7 Å². The van der Waals surface area contributed by atoms with Crippen LogP contribution < -0.4 is 66.8 Å². The van der Waals surface area contributed by atoms with Gasteiger partial charge in [-0.1, -0.05) is 390 Å². The minimum atomic E-state index is -0.0894. The van der Waals surface area contributed by atoms with Crippen molar-refractivity contribution in [3.63, 3.8) is 0 Å². The van der Waals surface area contributed by atoms with E-state index >= 15 is 0 Å². The highest BCUT2D eigenvalue weighted by molar-refractivity contribution is 5.88. The lowest BCUT2D eigenvalue weighted by Crippen LogP contribution is -2.09. The number of hydrogen-bond donors (Lipinski definition) is 10. The lowest BCUT2D eigenvalue weighted by Gasteiger charge is -2.23. The van der Waals surface area contributed by atoms with E-state index in [1.54, 1.807) is 14.2 Å². The number of hydrogen-bond acceptors (Lipinski definition) is 12. The number of rotatable bonds is 24. The Morgan fingerprint density at radius 1 is 0.174 bits per heavy atom. The Morgan fingerprint density at radius 3 is 0.632 bits per heavy atom. The Bertz CT molecular complexity index is 7490. The maximum atomic E-state index is 6.50. The lowest BCUT2D eigenvalue weighted by atomic mass is 9.81. The summed E-state index contributed by atoms with van der Waals surface area (Å²) in [7, 11) is 3.26. The van der Waals surface area contributed by atoms with Crippen LogP contribution in [0.2, 0.25) is 0 Å². The Balaban J connectivity index is 0.000000133. The first-order valence-electron chi connectivity index (χ1n) is 48.8. The van der Waals surface area contributed by atoms with Gasteiger partial charge in [-0.05, 0) is 256 Å². The minimum Gasteiger partial charge on any atom is -0.495 e. The Kier molecular flexibility index (Phi) is 30.7. The van der Waals surface area contributed by atoms with Gasteiger partial charge in [0.15, 0.2) is 0 Å². The second-order valence-electron chi connectivity index (χ2n) is 36.5. The van der Waals surface area contributed by atoms with Crippen LogP contribution in [0.25, 0.3) is 89.0 Å². The van der Waals surface area contributed by atoms with Crippen molar-refractivity contribution in [3.05, 3.63) is 550 Å². The van der Waals surface area contributed by atoms with Gasteiger partial charge in [0.2, 0.25) is 0 Å². The van der Waals surface area contributed by atoms with Gasteiger partial charge < -0.3 is 66.8 Å². The highest BCUT2D eigenvalue weighted by Crippen LogP contribution is 2.47. The molecule has 712 valence electrons. The van der Waals surface area contributed by atoms with Crippen LogP contribution in [0, 0.1) is 13.8 Å². The average Bonchev–Trinajstić information content (AvgIpc) is 0.781. The SMILES string of the molecule is CCc1cc(C(c2ccc(-c3ccccc3)cc2)c2cc(C)c(N)c(CC)c2)cc(C)c1N.COc1cc(C(c2ccc(-c3ccccc3)cc2)c2ccc(N)c(OC)c2)ccc1N.Nc1ccc(C(c2ccc(-c3ccccc3)cc2)c2ccc(N)c(-c3ccccc3)c2)cc1-c1ccccc1.Nc1ccccc1-c1cc(C(c2ccc(-c3ccccc3)cc2)c2ccc(N)c(-c3ccccc3N)c2)ccc1N. The van der Waals surface area contributed by atoms with Gasteiger partial charge >= 0.3 is 0 Å². The summed E-state index contributed by atoms with van der Waals surface area (Å²) < 4.78 is 11.0. The molecule has 0 unspecified atom stereocenters. The van der Waals surface area contributed by atoms with Crippen LogP contribution in [-0.4, -0.2) is 14.2 Å². The predicted octanol–water partition coefficient (Wildman–Crippen LogP) is 30.4. The molecule has 0 bridgehead atoms. The van der Waals surface area contributed by atoms with Crippen LogP contribution >= 0.6 is 0 Å². The molecule has 0 heterocycles. The molecule has 20 aromatic carbocycles. The summed E-state index contributed by atoms with van der Waals surface area (Å²) >= 11 is 0. The Labute approximate surface area is 847 Å². The molecule has 0 aliphatic heterocycles. The maximum Gasteiger partial charge on any atom is 0.142 e. The standard InChI is InChI=1S/C37H32N4.C37H30N2.C31H34N2.C27H26N2O2/c38-33-12-6-4-10-29(33)31-22-27(18-20-35(31)40)37(26-16-14-25(15-17-26)24-8-2-1-3-9-24)28-19-21-36(41)32(23-28)30-11-5-7-13-34(30)39;38-35-22-20-31(24-33(35)28-12-6-2-7-13-28)37(30-18-16-27(17-19-30)26-10-4-1-5-11-26)32-21-23-36(39)34(25-32)29-14-8-3-9-15-29;1-5-22-18-27(16-20(3)30(22)32)29(28-17-21(4)31(33)23(6-2)19-28)26-14-12-25(13-15-26)24-10-8-7-9-11-24;1-30-25-16-21(12-14-23(25)28)27(22-13-15-24(29)26(17-22)31-2)20-10-8-19(9-11-20)18-6-4-3-5-7-18/h1-23,37H,38-41H2;1-25,37H,38-39H2;7-19,29H,5-6,32-33H2,1-4H3;3-17,27H,28-29H2,1-2H3. The Hall–Kier alpha value is -18.0. The van der Waals surface area contributed by atoms with Gasteiger partial charge in [0.05, 0.1) is 25.6 Å². The fourth-order valence-electron chi connectivity index (χ4n) is 19.5. The summed E-state index contributed by atoms with van der Waals surface area (Å²) in [6.07, 6.45) is 1.84. The van der Waals surface area contributed by atoms with Gasteiger partial charge in [0.25, 0.3) is 0 Å². The number of ether oxygens (including phenoxy) is 2. The van der Waals surface area contributed by atoms with Gasteiger partial charge in [-0.2, -0.15) is 0 Å². The van der Waals surface area contributed by atoms with Crippen LogP contribution in [0.1, 0.15) is 127 Å². The van der Waals surface area contributed by atoms with Crippen molar-refractivity contribution < 1.29 is 9.47 Å². The number of para-hydroxylation sites is 2. The summed E-state index contributed by atoms with van der Waals surface area (Å²) in [5, 5.41) is 0. The normalized spacial score (nSPS) is 11.0.